The molecule has 0 aliphatic carbocycles. The summed E-state index contributed by atoms with van der Waals surface area (Å²) in [7, 11) is -4.25. The van der Waals surface area contributed by atoms with Crippen LogP contribution in [0.5, 0.6) is 5.75 Å². The Bertz CT molecular complexity index is 1090. The molecule has 0 saturated carbocycles. The molecule has 3 rings (SSSR count). The van der Waals surface area contributed by atoms with Crippen LogP contribution in [0.3, 0.4) is 0 Å². The van der Waals surface area contributed by atoms with Crippen LogP contribution in [-0.4, -0.2) is 25.3 Å². The van der Waals surface area contributed by atoms with E-state index >= 15 is 0 Å². The second kappa shape index (κ2) is 9.03. The Hall–Kier alpha value is -1.64. The molecule has 8 heteroatoms. The monoisotopic (exact) mass is 396 g/mol. The largest absolute Gasteiger partial charge is 1.00 e. The topological polar surface area (TPSA) is 96.6 Å². The summed E-state index contributed by atoms with van der Waals surface area (Å²) in [5, 5.41) is 0.434. The van der Waals surface area contributed by atoms with Gasteiger partial charge >= 0.3 is 29.6 Å². The zero-order chi connectivity index (χ0) is 18.7. The smallest absolute Gasteiger partial charge is 0.748 e. The third kappa shape index (κ3) is 5.43. The standard InChI is InChI=1S/C19H18O6S.Na/c1-13-18(14-6-3-2-4-7-14)19(20)16-9-8-15(12-17(16)25-13)24-10-5-11-26(21,22)23;/h2-4,6-9,12H,5,10-11H2,1H3,(H,21,22,23);/q;+1/p-1. The first kappa shape index (κ1) is 21.7. The third-order valence-electron chi connectivity index (χ3n) is 3.91. The van der Waals surface area contributed by atoms with E-state index < -0.39 is 15.9 Å². The van der Waals surface area contributed by atoms with Gasteiger partial charge in [-0.05, 0) is 31.0 Å². The summed E-state index contributed by atoms with van der Waals surface area (Å²) in [5.41, 5.74) is 1.58. The van der Waals surface area contributed by atoms with E-state index in [0.717, 1.165) is 5.56 Å². The molecule has 0 unspecified atom stereocenters. The van der Waals surface area contributed by atoms with Crippen molar-refractivity contribution in [3.05, 3.63) is 64.5 Å². The Morgan fingerprint density at radius 2 is 1.81 bits per heavy atom. The SMILES string of the molecule is Cc1oc2cc(OCCCS(=O)(=O)[O-])ccc2c(=O)c1-c1ccccc1.[Na+]. The molecule has 0 atom stereocenters. The summed E-state index contributed by atoms with van der Waals surface area (Å²) in [6, 6.07) is 14.1. The number of rotatable bonds is 6. The van der Waals surface area contributed by atoms with Crippen molar-refractivity contribution in [2.24, 2.45) is 0 Å². The van der Waals surface area contributed by atoms with Gasteiger partial charge < -0.3 is 13.7 Å². The number of hydrogen-bond donors (Lipinski definition) is 0. The van der Waals surface area contributed by atoms with Crippen molar-refractivity contribution in [2.75, 3.05) is 12.4 Å². The van der Waals surface area contributed by atoms with Crippen molar-refractivity contribution in [2.45, 2.75) is 13.3 Å². The fraction of sp³-hybridized carbons (Fsp3) is 0.211. The summed E-state index contributed by atoms with van der Waals surface area (Å²) >= 11 is 0. The van der Waals surface area contributed by atoms with Crippen LogP contribution < -0.4 is 39.7 Å². The third-order valence-corrected chi connectivity index (χ3v) is 4.70. The molecule has 6 nitrogen and oxygen atoms in total. The predicted octanol–water partition coefficient (Wildman–Crippen LogP) is 0.0865. The quantitative estimate of drug-likeness (QED) is 0.333. The van der Waals surface area contributed by atoms with Gasteiger partial charge in [-0.3, -0.25) is 4.79 Å². The van der Waals surface area contributed by atoms with Crippen molar-refractivity contribution in [1.82, 2.24) is 0 Å². The van der Waals surface area contributed by atoms with Gasteiger partial charge in [0.25, 0.3) is 0 Å². The molecule has 3 aromatic rings. The van der Waals surface area contributed by atoms with E-state index in [1.165, 1.54) is 0 Å². The molecule has 1 aromatic heterocycles. The number of aryl methyl sites for hydroxylation is 1. The molecule has 0 saturated heterocycles. The van der Waals surface area contributed by atoms with Gasteiger partial charge in [0.05, 0.1) is 27.7 Å². The van der Waals surface area contributed by atoms with Gasteiger partial charge in [0, 0.05) is 11.8 Å². The Kier molecular flexibility index (Phi) is 7.25. The molecule has 0 spiro atoms. The molecule has 0 bridgehead atoms. The van der Waals surface area contributed by atoms with Gasteiger partial charge in [-0.15, -0.1) is 0 Å². The molecule has 0 fully saturated rings. The first-order chi connectivity index (χ1) is 12.3. The van der Waals surface area contributed by atoms with Crippen LogP contribution in [0.15, 0.2) is 57.7 Å². The minimum Gasteiger partial charge on any atom is -0.748 e. The molecule has 0 aliphatic heterocycles. The number of benzene rings is 2. The maximum atomic E-state index is 12.8. The molecule has 0 aliphatic rings. The Balaban J connectivity index is 0.00000261. The Morgan fingerprint density at radius 3 is 2.48 bits per heavy atom. The molecule has 136 valence electrons. The minimum atomic E-state index is -4.25. The van der Waals surface area contributed by atoms with Crippen molar-refractivity contribution in [3.63, 3.8) is 0 Å². The van der Waals surface area contributed by atoms with Gasteiger partial charge in [0.15, 0.2) is 0 Å². The normalized spacial score (nSPS) is 11.2. The van der Waals surface area contributed by atoms with Crippen molar-refractivity contribution >= 4 is 21.1 Å². The van der Waals surface area contributed by atoms with Crippen molar-refractivity contribution in [1.29, 1.82) is 0 Å². The van der Waals surface area contributed by atoms with E-state index in [1.807, 2.05) is 30.3 Å². The zero-order valence-electron chi connectivity index (χ0n) is 15.1. The summed E-state index contributed by atoms with van der Waals surface area (Å²) in [4.78, 5) is 12.8. The van der Waals surface area contributed by atoms with Crippen LogP contribution in [0.1, 0.15) is 12.2 Å². The van der Waals surface area contributed by atoms with E-state index in [0.29, 0.717) is 28.0 Å². The molecular weight excluding hydrogens is 379 g/mol. The molecule has 2 aromatic carbocycles. The van der Waals surface area contributed by atoms with Crippen LogP contribution in [-0.2, 0) is 10.1 Å². The van der Waals surface area contributed by atoms with E-state index in [2.05, 4.69) is 0 Å². The molecular formula is C19H17NaO6S. The molecule has 0 N–H and O–H groups in total. The number of fused-ring (bicyclic) bond motifs is 1. The van der Waals surface area contributed by atoms with Crippen LogP contribution in [0.4, 0.5) is 0 Å². The molecule has 1 heterocycles. The van der Waals surface area contributed by atoms with Crippen LogP contribution >= 0.6 is 0 Å². The van der Waals surface area contributed by atoms with E-state index in [-0.39, 0.29) is 48.0 Å². The predicted molar refractivity (Wildman–Crippen MR) is 97.3 cm³/mol. The van der Waals surface area contributed by atoms with E-state index in [1.54, 1.807) is 25.1 Å². The van der Waals surface area contributed by atoms with E-state index in [9.17, 15) is 17.8 Å². The van der Waals surface area contributed by atoms with Gasteiger partial charge in [0.1, 0.15) is 17.1 Å². The van der Waals surface area contributed by atoms with Crippen molar-refractivity contribution < 1.29 is 51.7 Å². The summed E-state index contributed by atoms with van der Waals surface area (Å²) in [6.45, 7) is 1.81. The fourth-order valence-electron chi connectivity index (χ4n) is 2.74. The molecule has 27 heavy (non-hydrogen) atoms. The summed E-state index contributed by atoms with van der Waals surface area (Å²) in [5.74, 6) is 0.467. The number of ether oxygens (including phenoxy) is 1. The molecule has 0 radical (unpaired) electrons. The fourth-order valence-corrected chi connectivity index (χ4v) is 3.21. The minimum absolute atomic E-state index is 0. The Morgan fingerprint density at radius 1 is 1.11 bits per heavy atom. The number of hydrogen-bond acceptors (Lipinski definition) is 6. The average Bonchev–Trinajstić information content (AvgIpc) is 2.58. The van der Waals surface area contributed by atoms with E-state index in [4.69, 9.17) is 9.15 Å². The van der Waals surface area contributed by atoms with Crippen LogP contribution in [0.2, 0.25) is 0 Å². The second-order valence-electron chi connectivity index (χ2n) is 5.85. The summed E-state index contributed by atoms with van der Waals surface area (Å²) in [6.07, 6.45) is 0.0970. The maximum absolute atomic E-state index is 12.8. The maximum Gasteiger partial charge on any atom is 1.00 e. The zero-order valence-corrected chi connectivity index (χ0v) is 17.9. The Labute approximate surface area is 179 Å². The van der Waals surface area contributed by atoms with Gasteiger partial charge in [-0.1, -0.05) is 30.3 Å². The first-order valence-corrected chi connectivity index (χ1v) is 9.62. The first-order valence-electron chi connectivity index (χ1n) is 8.04. The van der Waals surface area contributed by atoms with Crippen molar-refractivity contribution in [3.8, 4) is 16.9 Å². The van der Waals surface area contributed by atoms with Gasteiger partial charge in [0.2, 0.25) is 5.43 Å². The average molecular weight is 396 g/mol. The van der Waals surface area contributed by atoms with Gasteiger partial charge in [-0.2, -0.15) is 0 Å². The summed E-state index contributed by atoms with van der Waals surface area (Å²) < 4.78 is 43.0. The second-order valence-corrected chi connectivity index (χ2v) is 7.37. The molecule has 0 amide bonds. The van der Waals surface area contributed by atoms with Gasteiger partial charge in [-0.25, -0.2) is 8.42 Å². The van der Waals surface area contributed by atoms with Crippen LogP contribution in [0, 0.1) is 6.92 Å². The van der Waals surface area contributed by atoms with Crippen LogP contribution in [0.25, 0.3) is 22.1 Å².